The Morgan fingerprint density at radius 1 is 1.33 bits per heavy atom. The van der Waals surface area contributed by atoms with E-state index in [0.29, 0.717) is 5.95 Å². The molecule has 0 aromatic carbocycles. The molecule has 1 aliphatic carbocycles. The number of pyridine rings is 1. The number of rotatable bonds is 2. The molecule has 5 heteroatoms. The van der Waals surface area contributed by atoms with Gasteiger partial charge in [-0.1, -0.05) is 18.9 Å². The van der Waals surface area contributed by atoms with E-state index in [1.165, 1.54) is 0 Å². The molecule has 2 atom stereocenters. The van der Waals surface area contributed by atoms with Gasteiger partial charge in [0.05, 0.1) is 12.1 Å². The number of hydrogen-bond donors (Lipinski definition) is 2. The molecule has 2 unspecified atom stereocenters. The van der Waals surface area contributed by atoms with Gasteiger partial charge in [0.15, 0.2) is 5.65 Å². The van der Waals surface area contributed by atoms with Crippen molar-refractivity contribution in [3.05, 3.63) is 23.9 Å². The number of aryl methyl sites for hydroxylation is 1. The lowest BCUT2D eigenvalue weighted by Crippen LogP contribution is -2.36. The van der Waals surface area contributed by atoms with Crippen molar-refractivity contribution in [2.75, 3.05) is 5.32 Å². The first-order valence-electron chi connectivity index (χ1n) is 6.50. The first kappa shape index (κ1) is 11.5. The zero-order chi connectivity index (χ0) is 12.5. The lowest BCUT2D eigenvalue weighted by Gasteiger charge is -2.27. The third-order valence-corrected chi connectivity index (χ3v) is 3.52. The first-order chi connectivity index (χ1) is 8.72. The van der Waals surface area contributed by atoms with Gasteiger partial charge in [0.2, 0.25) is 5.95 Å². The summed E-state index contributed by atoms with van der Waals surface area (Å²) in [6.45, 7) is 2.03. The molecular formula is C13H18N4O. The molecule has 2 aromatic heterocycles. The van der Waals surface area contributed by atoms with E-state index >= 15 is 0 Å². The summed E-state index contributed by atoms with van der Waals surface area (Å²) in [4.78, 5) is 4.41. The van der Waals surface area contributed by atoms with Crippen LogP contribution in [0.2, 0.25) is 0 Å². The maximum Gasteiger partial charge on any atom is 0.243 e. The summed E-state index contributed by atoms with van der Waals surface area (Å²) in [6, 6.07) is 4.05. The van der Waals surface area contributed by atoms with Gasteiger partial charge in [0.25, 0.3) is 0 Å². The second-order valence-corrected chi connectivity index (χ2v) is 5.05. The van der Waals surface area contributed by atoms with Gasteiger partial charge in [0.1, 0.15) is 0 Å². The van der Waals surface area contributed by atoms with Crippen LogP contribution in [0.4, 0.5) is 5.95 Å². The van der Waals surface area contributed by atoms with Gasteiger partial charge in [-0.05, 0) is 31.4 Å². The predicted molar refractivity (Wildman–Crippen MR) is 69.6 cm³/mol. The minimum atomic E-state index is -0.285. The molecule has 2 aromatic rings. The van der Waals surface area contributed by atoms with Crippen LogP contribution in [0.1, 0.15) is 31.2 Å². The van der Waals surface area contributed by atoms with Gasteiger partial charge >= 0.3 is 0 Å². The van der Waals surface area contributed by atoms with Gasteiger partial charge in [-0.2, -0.15) is 4.98 Å². The van der Waals surface area contributed by atoms with E-state index in [9.17, 15) is 5.11 Å². The minimum Gasteiger partial charge on any atom is -0.391 e. The summed E-state index contributed by atoms with van der Waals surface area (Å²) in [6.07, 6.45) is 5.77. The molecule has 0 saturated heterocycles. The normalized spacial score (nSPS) is 24.3. The molecule has 1 fully saturated rings. The summed E-state index contributed by atoms with van der Waals surface area (Å²) >= 11 is 0. The standard InChI is InChI=1S/C13H18N4O/c1-9-6-7-12-15-13(16-17(12)8-9)14-10-4-2-3-5-11(10)18/h6-8,10-11,18H,2-5H2,1H3,(H,14,16). The first-order valence-corrected chi connectivity index (χ1v) is 6.50. The second-order valence-electron chi connectivity index (χ2n) is 5.05. The molecule has 96 valence electrons. The second kappa shape index (κ2) is 4.57. The summed E-state index contributed by atoms with van der Waals surface area (Å²) in [7, 11) is 0. The van der Waals surface area contributed by atoms with Crippen LogP contribution in [0, 0.1) is 6.92 Å². The molecule has 0 radical (unpaired) electrons. The van der Waals surface area contributed by atoms with Crippen LogP contribution >= 0.6 is 0 Å². The van der Waals surface area contributed by atoms with Crippen LogP contribution in [-0.4, -0.2) is 31.9 Å². The molecule has 1 saturated carbocycles. The number of aliphatic hydroxyl groups excluding tert-OH is 1. The van der Waals surface area contributed by atoms with Crippen molar-refractivity contribution in [1.29, 1.82) is 0 Å². The largest absolute Gasteiger partial charge is 0.391 e. The molecule has 5 nitrogen and oxygen atoms in total. The highest BCUT2D eigenvalue weighted by atomic mass is 16.3. The molecule has 0 aliphatic heterocycles. The average Bonchev–Trinajstić information content (AvgIpc) is 2.73. The van der Waals surface area contributed by atoms with E-state index in [1.54, 1.807) is 4.52 Å². The number of anilines is 1. The minimum absolute atomic E-state index is 0.0808. The topological polar surface area (TPSA) is 62.5 Å². The predicted octanol–water partition coefficient (Wildman–Crippen LogP) is 1.75. The van der Waals surface area contributed by atoms with Crippen molar-refractivity contribution >= 4 is 11.6 Å². The van der Waals surface area contributed by atoms with Crippen molar-refractivity contribution in [3.63, 3.8) is 0 Å². The molecule has 18 heavy (non-hydrogen) atoms. The molecule has 0 spiro atoms. The fraction of sp³-hybridized carbons (Fsp3) is 0.538. The number of aromatic nitrogens is 3. The van der Waals surface area contributed by atoms with Gasteiger partial charge in [-0.3, -0.25) is 0 Å². The van der Waals surface area contributed by atoms with Crippen LogP contribution in [0.25, 0.3) is 5.65 Å². The van der Waals surface area contributed by atoms with E-state index in [-0.39, 0.29) is 12.1 Å². The molecule has 2 heterocycles. The van der Waals surface area contributed by atoms with E-state index < -0.39 is 0 Å². The van der Waals surface area contributed by atoms with E-state index in [1.807, 2.05) is 25.3 Å². The third kappa shape index (κ3) is 2.18. The zero-order valence-electron chi connectivity index (χ0n) is 10.5. The molecular weight excluding hydrogens is 228 g/mol. The Balaban J connectivity index is 1.81. The van der Waals surface area contributed by atoms with Crippen molar-refractivity contribution in [3.8, 4) is 0 Å². The van der Waals surface area contributed by atoms with Gasteiger partial charge in [-0.15, -0.1) is 5.10 Å². The van der Waals surface area contributed by atoms with Crippen LogP contribution in [-0.2, 0) is 0 Å². The molecule has 3 rings (SSSR count). The van der Waals surface area contributed by atoms with Crippen molar-refractivity contribution < 1.29 is 5.11 Å². The highest BCUT2D eigenvalue weighted by Gasteiger charge is 2.23. The fourth-order valence-electron chi connectivity index (χ4n) is 2.49. The van der Waals surface area contributed by atoms with Crippen LogP contribution in [0.3, 0.4) is 0 Å². The van der Waals surface area contributed by atoms with Crippen molar-refractivity contribution in [1.82, 2.24) is 14.6 Å². The molecule has 1 aliphatic rings. The summed E-state index contributed by atoms with van der Waals surface area (Å²) in [5.74, 6) is 0.603. The quantitative estimate of drug-likeness (QED) is 0.847. The lowest BCUT2D eigenvalue weighted by molar-refractivity contribution is 0.116. The highest BCUT2D eigenvalue weighted by molar-refractivity contribution is 5.44. The van der Waals surface area contributed by atoms with E-state index in [0.717, 1.165) is 36.9 Å². The van der Waals surface area contributed by atoms with E-state index in [4.69, 9.17) is 0 Å². The number of nitrogens with one attached hydrogen (secondary N) is 1. The Bertz CT molecular complexity index is 551. The maximum absolute atomic E-state index is 9.92. The van der Waals surface area contributed by atoms with Gasteiger partial charge in [-0.25, -0.2) is 4.52 Å². The van der Waals surface area contributed by atoms with E-state index in [2.05, 4.69) is 15.4 Å². The van der Waals surface area contributed by atoms with Crippen LogP contribution < -0.4 is 5.32 Å². The number of aliphatic hydroxyl groups is 1. The Morgan fingerprint density at radius 3 is 3.00 bits per heavy atom. The fourth-order valence-corrected chi connectivity index (χ4v) is 2.49. The average molecular weight is 246 g/mol. The number of fused-ring (bicyclic) bond motifs is 1. The number of nitrogens with zero attached hydrogens (tertiary/aromatic N) is 3. The monoisotopic (exact) mass is 246 g/mol. The summed E-state index contributed by atoms with van der Waals surface area (Å²) < 4.78 is 1.77. The lowest BCUT2D eigenvalue weighted by atomic mass is 9.93. The molecule has 0 amide bonds. The number of hydrogen-bond acceptors (Lipinski definition) is 4. The molecule has 0 bridgehead atoms. The van der Waals surface area contributed by atoms with Gasteiger partial charge in [0, 0.05) is 6.20 Å². The maximum atomic E-state index is 9.92. The van der Waals surface area contributed by atoms with Crippen molar-refractivity contribution in [2.45, 2.75) is 44.8 Å². The smallest absolute Gasteiger partial charge is 0.243 e. The summed E-state index contributed by atoms with van der Waals surface area (Å²) in [5.41, 5.74) is 1.98. The Kier molecular flexibility index (Phi) is 2.91. The Morgan fingerprint density at radius 2 is 2.17 bits per heavy atom. The Hall–Kier alpha value is -1.62. The SMILES string of the molecule is Cc1ccc2nc(NC3CCCCC3O)nn2c1. The molecule has 2 N–H and O–H groups in total. The summed E-state index contributed by atoms with van der Waals surface area (Å²) in [5, 5.41) is 17.6. The third-order valence-electron chi connectivity index (χ3n) is 3.52. The zero-order valence-corrected chi connectivity index (χ0v) is 10.5. The van der Waals surface area contributed by atoms with Crippen LogP contribution in [0.5, 0.6) is 0 Å². The van der Waals surface area contributed by atoms with Gasteiger partial charge < -0.3 is 10.4 Å². The Labute approximate surface area is 106 Å². The van der Waals surface area contributed by atoms with Crippen molar-refractivity contribution in [2.24, 2.45) is 0 Å². The highest BCUT2D eigenvalue weighted by Crippen LogP contribution is 2.21. The van der Waals surface area contributed by atoms with Crippen LogP contribution in [0.15, 0.2) is 18.3 Å².